The number of carboxylic acid groups (broad SMARTS) is 1. The number of anilines is 1. The molecule has 1 saturated heterocycles. The first kappa shape index (κ1) is 14.4. The second-order valence-electron chi connectivity index (χ2n) is 5.25. The minimum atomic E-state index is -0.856. The van der Waals surface area contributed by atoms with Crippen LogP contribution in [-0.4, -0.2) is 30.1 Å². The second kappa shape index (κ2) is 5.53. The van der Waals surface area contributed by atoms with Crippen LogP contribution in [0.15, 0.2) is 24.3 Å². The number of rotatable bonds is 3. The van der Waals surface area contributed by atoms with Crippen LogP contribution in [0.4, 0.5) is 5.69 Å². The molecular weight excluding hydrogens is 258 g/mol. The minimum Gasteiger partial charge on any atom is -0.497 e. The molecule has 1 heterocycles. The first-order valence-electron chi connectivity index (χ1n) is 6.64. The van der Waals surface area contributed by atoms with Gasteiger partial charge in [0.2, 0.25) is 5.91 Å². The number of ether oxygens (including phenoxy) is 1. The van der Waals surface area contributed by atoms with Gasteiger partial charge in [0, 0.05) is 24.2 Å². The van der Waals surface area contributed by atoms with E-state index in [0.29, 0.717) is 11.4 Å². The maximum absolute atomic E-state index is 12.3. The quantitative estimate of drug-likeness (QED) is 0.919. The van der Waals surface area contributed by atoms with Gasteiger partial charge in [0.15, 0.2) is 0 Å². The fourth-order valence-corrected chi connectivity index (χ4v) is 2.95. The number of nitrogens with zero attached hydrogens (tertiary/aromatic N) is 1. The van der Waals surface area contributed by atoms with Gasteiger partial charge in [0.05, 0.1) is 13.0 Å². The number of aliphatic carboxylic acids is 1. The van der Waals surface area contributed by atoms with Crippen LogP contribution in [0.2, 0.25) is 0 Å². The Hall–Kier alpha value is -2.04. The molecule has 2 rings (SSSR count). The number of hydrogen-bond donors (Lipinski definition) is 1. The highest BCUT2D eigenvalue weighted by atomic mass is 16.5. The summed E-state index contributed by atoms with van der Waals surface area (Å²) in [6.07, 6.45) is 0.249. The van der Waals surface area contributed by atoms with Gasteiger partial charge in [0.25, 0.3) is 0 Å². The van der Waals surface area contributed by atoms with Crippen LogP contribution >= 0.6 is 0 Å². The number of methoxy groups -OCH3 is 1. The lowest BCUT2D eigenvalue weighted by atomic mass is 9.81. The van der Waals surface area contributed by atoms with Gasteiger partial charge in [-0.15, -0.1) is 0 Å². The Bertz CT molecular complexity index is 528. The lowest BCUT2D eigenvalue weighted by molar-refractivity contribution is -0.146. The lowest BCUT2D eigenvalue weighted by Crippen LogP contribution is -2.53. The Balaban J connectivity index is 2.38. The number of piperidine rings is 1. The minimum absolute atomic E-state index is 0.0456. The average Bonchev–Trinajstić information content (AvgIpc) is 2.37. The highest BCUT2D eigenvalue weighted by Crippen LogP contribution is 2.34. The molecule has 0 aromatic heterocycles. The summed E-state index contributed by atoms with van der Waals surface area (Å²) in [5.41, 5.74) is 0.681. The van der Waals surface area contributed by atoms with Crippen LogP contribution in [0.5, 0.6) is 5.75 Å². The van der Waals surface area contributed by atoms with Crippen molar-refractivity contribution in [1.29, 1.82) is 0 Å². The van der Waals surface area contributed by atoms with E-state index in [-0.39, 0.29) is 24.3 Å². The van der Waals surface area contributed by atoms with Crippen LogP contribution in [0.1, 0.15) is 20.3 Å². The van der Waals surface area contributed by atoms with E-state index in [0.717, 1.165) is 0 Å². The summed E-state index contributed by atoms with van der Waals surface area (Å²) in [5.74, 6) is -0.968. The van der Waals surface area contributed by atoms with E-state index in [9.17, 15) is 14.7 Å². The highest BCUT2D eigenvalue weighted by molar-refractivity contribution is 5.96. The first-order valence-corrected chi connectivity index (χ1v) is 6.64. The van der Waals surface area contributed by atoms with Crippen molar-refractivity contribution in [2.45, 2.75) is 26.3 Å². The molecule has 0 radical (unpaired) electrons. The number of benzene rings is 1. The van der Waals surface area contributed by atoms with Crippen LogP contribution in [0, 0.1) is 11.8 Å². The van der Waals surface area contributed by atoms with Crippen LogP contribution in [-0.2, 0) is 9.59 Å². The number of hydrogen-bond acceptors (Lipinski definition) is 3. The fraction of sp³-hybridized carbons (Fsp3) is 0.467. The normalized spacial score (nSPS) is 26.4. The fourth-order valence-electron chi connectivity index (χ4n) is 2.95. The SMILES string of the molecule is COc1cccc(N2C(=O)CC(C)C(C(=O)O)C2C)c1. The molecule has 1 amide bonds. The van der Waals surface area contributed by atoms with Crippen molar-refractivity contribution >= 4 is 17.6 Å². The predicted octanol–water partition coefficient (Wildman–Crippen LogP) is 2.16. The van der Waals surface area contributed by atoms with Gasteiger partial charge in [-0.2, -0.15) is 0 Å². The molecule has 1 aromatic carbocycles. The zero-order valence-corrected chi connectivity index (χ0v) is 11.9. The molecule has 1 aliphatic heterocycles. The van der Waals surface area contributed by atoms with Crippen LogP contribution in [0.3, 0.4) is 0 Å². The van der Waals surface area contributed by atoms with Gasteiger partial charge in [-0.3, -0.25) is 9.59 Å². The second-order valence-corrected chi connectivity index (χ2v) is 5.25. The molecule has 5 nitrogen and oxygen atoms in total. The molecule has 1 fully saturated rings. The predicted molar refractivity (Wildman–Crippen MR) is 74.8 cm³/mol. The topological polar surface area (TPSA) is 66.8 Å². The molecule has 0 spiro atoms. The van der Waals surface area contributed by atoms with Gasteiger partial charge in [-0.05, 0) is 25.0 Å². The largest absolute Gasteiger partial charge is 0.497 e. The van der Waals surface area contributed by atoms with E-state index in [1.807, 2.05) is 6.92 Å². The summed E-state index contributed by atoms with van der Waals surface area (Å²) in [7, 11) is 1.56. The molecule has 3 unspecified atom stereocenters. The Kier molecular flexibility index (Phi) is 3.97. The first-order chi connectivity index (χ1) is 9.45. The third-order valence-electron chi connectivity index (χ3n) is 3.92. The van der Waals surface area contributed by atoms with Gasteiger partial charge >= 0.3 is 5.97 Å². The third kappa shape index (κ3) is 2.48. The van der Waals surface area contributed by atoms with Crippen molar-refractivity contribution in [2.75, 3.05) is 12.0 Å². The van der Waals surface area contributed by atoms with E-state index < -0.39 is 11.9 Å². The molecule has 1 aromatic rings. The molecule has 3 atom stereocenters. The van der Waals surface area contributed by atoms with Crippen molar-refractivity contribution in [1.82, 2.24) is 0 Å². The van der Waals surface area contributed by atoms with E-state index in [1.54, 1.807) is 43.2 Å². The number of amides is 1. The number of carbonyl (C=O) groups is 2. The van der Waals surface area contributed by atoms with Crippen molar-refractivity contribution in [2.24, 2.45) is 11.8 Å². The van der Waals surface area contributed by atoms with E-state index in [4.69, 9.17) is 4.74 Å². The highest BCUT2D eigenvalue weighted by Gasteiger charge is 2.42. The maximum atomic E-state index is 12.3. The molecule has 108 valence electrons. The summed E-state index contributed by atoms with van der Waals surface area (Å²) >= 11 is 0. The third-order valence-corrected chi connectivity index (χ3v) is 3.92. The van der Waals surface area contributed by atoms with Crippen LogP contribution < -0.4 is 9.64 Å². The van der Waals surface area contributed by atoms with Gasteiger partial charge in [-0.25, -0.2) is 0 Å². The summed E-state index contributed by atoms with van der Waals surface area (Å²) in [4.78, 5) is 25.3. The zero-order chi connectivity index (χ0) is 14.9. The van der Waals surface area contributed by atoms with Crippen molar-refractivity contribution < 1.29 is 19.4 Å². The molecule has 5 heteroatoms. The van der Waals surface area contributed by atoms with E-state index in [1.165, 1.54) is 0 Å². The molecular formula is C15H19NO4. The molecule has 0 aliphatic carbocycles. The summed E-state index contributed by atoms with van der Waals surface area (Å²) in [6, 6.07) is 6.76. The van der Waals surface area contributed by atoms with Gasteiger partial charge in [0.1, 0.15) is 5.75 Å². The Morgan fingerprint density at radius 3 is 2.70 bits per heavy atom. The van der Waals surface area contributed by atoms with Gasteiger partial charge in [-0.1, -0.05) is 13.0 Å². The molecule has 0 bridgehead atoms. The van der Waals surface area contributed by atoms with E-state index >= 15 is 0 Å². The molecule has 1 N–H and O–H groups in total. The Labute approximate surface area is 118 Å². The van der Waals surface area contributed by atoms with Crippen molar-refractivity contribution in [3.05, 3.63) is 24.3 Å². The average molecular weight is 277 g/mol. The van der Waals surface area contributed by atoms with Crippen molar-refractivity contribution in [3.8, 4) is 5.75 Å². The molecule has 1 aliphatic rings. The zero-order valence-electron chi connectivity index (χ0n) is 11.9. The summed E-state index contributed by atoms with van der Waals surface area (Å²) in [5, 5.41) is 9.37. The number of carbonyl (C=O) groups excluding carboxylic acids is 1. The Morgan fingerprint density at radius 1 is 1.40 bits per heavy atom. The Morgan fingerprint density at radius 2 is 2.10 bits per heavy atom. The lowest BCUT2D eigenvalue weighted by Gasteiger charge is -2.40. The summed E-state index contributed by atoms with van der Waals surface area (Å²) < 4.78 is 5.16. The van der Waals surface area contributed by atoms with Crippen molar-refractivity contribution in [3.63, 3.8) is 0 Å². The van der Waals surface area contributed by atoms with Gasteiger partial charge < -0.3 is 14.7 Å². The monoisotopic (exact) mass is 277 g/mol. The maximum Gasteiger partial charge on any atom is 0.308 e. The smallest absolute Gasteiger partial charge is 0.308 e. The van der Waals surface area contributed by atoms with Crippen LogP contribution in [0.25, 0.3) is 0 Å². The molecule has 0 saturated carbocycles. The summed E-state index contributed by atoms with van der Waals surface area (Å²) in [6.45, 7) is 3.60. The molecule has 20 heavy (non-hydrogen) atoms. The van der Waals surface area contributed by atoms with E-state index in [2.05, 4.69) is 0 Å². The standard InChI is InChI=1S/C15H19NO4/c1-9-7-13(17)16(10(2)14(9)15(18)19)11-5-4-6-12(8-11)20-3/h4-6,8-10,14H,7H2,1-3H3,(H,18,19). The number of carboxylic acids is 1.